The first-order valence-electron chi connectivity index (χ1n) is 10.2. The van der Waals surface area contributed by atoms with Gasteiger partial charge in [-0.2, -0.15) is 0 Å². The van der Waals surface area contributed by atoms with Crippen LogP contribution in [-0.2, 0) is 16.6 Å². The van der Waals surface area contributed by atoms with Crippen molar-refractivity contribution in [2.45, 2.75) is 18.4 Å². The minimum absolute atomic E-state index is 0.0888. The molecule has 0 bridgehead atoms. The summed E-state index contributed by atoms with van der Waals surface area (Å²) in [5, 5.41) is 2.82. The molecule has 0 spiro atoms. The molecule has 3 aromatic carbocycles. The number of sulfonamides is 1. The van der Waals surface area contributed by atoms with Crippen molar-refractivity contribution < 1.29 is 27.4 Å². The van der Waals surface area contributed by atoms with Gasteiger partial charge in [-0.25, -0.2) is 8.42 Å². The van der Waals surface area contributed by atoms with Gasteiger partial charge in [-0.3, -0.25) is 9.52 Å². The van der Waals surface area contributed by atoms with E-state index in [2.05, 4.69) is 10.0 Å². The van der Waals surface area contributed by atoms with E-state index in [1.165, 1.54) is 18.2 Å². The smallest absolute Gasteiger partial charge is 0.261 e. The highest BCUT2D eigenvalue weighted by molar-refractivity contribution is 7.92. The molecule has 0 heterocycles. The van der Waals surface area contributed by atoms with Crippen LogP contribution in [0.4, 0.5) is 5.69 Å². The van der Waals surface area contributed by atoms with E-state index < -0.39 is 10.0 Å². The molecule has 0 aliphatic rings. The average molecular weight is 471 g/mol. The number of hydrogen-bond acceptors (Lipinski definition) is 6. The van der Waals surface area contributed by atoms with Crippen LogP contribution in [0.2, 0.25) is 0 Å². The third kappa shape index (κ3) is 6.17. The van der Waals surface area contributed by atoms with Gasteiger partial charge < -0.3 is 19.5 Å². The molecule has 1 amide bonds. The number of anilines is 1. The van der Waals surface area contributed by atoms with Crippen molar-refractivity contribution in [3.05, 3.63) is 77.9 Å². The van der Waals surface area contributed by atoms with Crippen molar-refractivity contribution in [2.24, 2.45) is 0 Å². The fraction of sp³-hybridized carbons (Fsp3) is 0.208. The molecule has 0 fully saturated rings. The third-order valence-electron chi connectivity index (χ3n) is 4.75. The fourth-order valence-corrected chi connectivity index (χ4v) is 4.17. The molecular formula is C24H26N2O6S. The predicted octanol–water partition coefficient (Wildman–Crippen LogP) is 3.83. The maximum absolute atomic E-state index is 12.7. The molecule has 0 unspecified atom stereocenters. The highest BCUT2D eigenvalue weighted by atomic mass is 32.2. The van der Waals surface area contributed by atoms with Gasteiger partial charge in [0, 0.05) is 23.4 Å². The Balaban J connectivity index is 1.71. The summed E-state index contributed by atoms with van der Waals surface area (Å²) in [6.07, 6.45) is 0. The second kappa shape index (κ2) is 10.7. The molecule has 0 aromatic heterocycles. The quantitative estimate of drug-likeness (QED) is 0.467. The normalized spacial score (nSPS) is 10.9. The lowest BCUT2D eigenvalue weighted by atomic mass is 10.1. The number of carbonyl (C=O) groups is 1. The highest BCUT2D eigenvalue weighted by Gasteiger charge is 2.16. The molecule has 8 nitrogen and oxygen atoms in total. The van der Waals surface area contributed by atoms with E-state index in [1.54, 1.807) is 62.8 Å². The fourth-order valence-electron chi connectivity index (χ4n) is 3.12. The van der Waals surface area contributed by atoms with E-state index in [-0.39, 0.29) is 23.0 Å². The number of benzene rings is 3. The molecule has 0 radical (unpaired) electrons. The van der Waals surface area contributed by atoms with E-state index in [0.717, 1.165) is 5.56 Å². The first-order chi connectivity index (χ1) is 15.9. The maximum atomic E-state index is 12.7. The van der Waals surface area contributed by atoms with Gasteiger partial charge >= 0.3 is 0 Å². The summed E-state index contributed by atoms with van der Waals surface area (Å²) in [6, 6.07) is 17.7. The predicted molar refractivity (Wildman–Crippen MR) is 126 cm³/mol. The zero-order valence-corrected chi connectivity index (χ0v) is 19.4. The lowest BCUT2D eigenvalue weighted by molar-refractivity contribution is 0.0950. The molecule has 3 rings (SSSR count). The molecule has 2 N–H and O–H groups in total. The molecule has 0 aliphatic carbocycles. The first kappa shape index (κ1) is 23.9. The number of methoxy groups -OCH3 is 2. The van der Waals surface area contributed by atoms with Crippen LogP contribution in [0.15, 0.2) is 71.6 Å². The molecule has 0 atom stereocenters. The second-order valence-corrected chi connectivity index (χ2v) is 8.63. The van der Waals surface area contributed by atoms with Crippen molar-refractivity contribution in [1.82, 2.24) is 5.32 Å². The molecule has 0 aliphatic heterocycles. The summed E-state index contributed by atoms with van der Waals surface area (Å²) in [5.41, 5.74) is 1.33. The zero-order chi connectivity index (χ0) is 23.8. The molecule has 33 heavy (non-hydrogen) atoms. The Morgan fingerprint density at radius 2 is 1.64 bits per heavy atom. The van der Waals surface area contributed by atoms with Gasteiger partial charge in [-0.15, -0.1) is 0 Å². The van der Waals surface area contributed by atoms with Crippen molar-refractivity contribution in [3.8, 4) is 17.2 Å². The van der Waals surface area contributed by atoms with E-state index in [1.807, 2.05) is 6.92 Å². The van der Waals surface area contributed by atoms with Gasteiger partial charge in [0.2, 0.25) is 0 Å². The van der Waals surface area contributed by atoms with Crippen molar-refractivity contribution in [2.75, 3.05) is 25.5 Å². The molecule has 3 aromatic rings. The standard InChI is InChI=1S/C24H26N2O6S/c1-4-32-20-8-11-22(12-9-20)33(28,29)26-19-7-5-6-17(14-19)24(27)25-16-18-15-21(30-2)10-13-23(18)31-3/h5-15,26H,4,16H2,1-3H3,(H,25,27). The largest absolute Gasteiger partial charge is 0.497 e. The zero-order valence-electron chi connectivity index (χ0n) is 18.6. The van der Waals surface area contributed by atoms with Gasteiger partial charge in [0.1, 0.15) is 17.2 Å². The average Bonchev–Trinajstić information content (AvgIpc) is 2.82. The Bertz CT molecular complexity index is 1210. The lowest BCUT2D eigenvalue weighted by Gasteiger charge is -2.12. The number of rotatable bonds is 10. The highest BCUT2D eigenvalue weighted by Crippen LogP contribution is 2.24. The Morgan fingerprint density at radius 1 is 0.909 bits per heavy atom. The Kier molecular flexibility index (Phi) is 7.78. The minimum atomic E-state index is -3.83. The summed E-state index contributed by atoms with van der Waals surface area (Å²) in [4.78, 5) is 12.8. The number of carbonyl (C=O) groups excluding carboxylic acids is 1. The maximum Gasteiger partial charge on any atom is 0.261 e. The third-order valence-corrected chi connectivity index (χ3v) is 6.15. The summed E-state index contributed by atoms with van der Waals surface area (Å²) < 4.78 is 43.8. The van der Waals surface area contributed by atoms with Crippen LogP contribution in [0.5, 0.6) is 17.2 Å². The Morgan fingerprint density at radius 3 is 2.30 bits per heavy atom. The molecule has 174 valence electrons. The summed E-state index contributed by atoms with van der Waals surface area (Å²) in [7, 11) is -0.719. The van der Waals surface area contributed by atoms with Gasteiger partial charge in [0.15, 0.2) is 0 Å². The monoisotopic (exact) mass is 470 g/mol. The van der Waals surface area contributed by atoms with Crippen molar-refractivity contribution >= 4 is 21.6 Å². The molecule has 0 saturated carbocycles. The van der Waals surface area contributed by atoms with E-state index >= 15 is 0 Å². The summed E-state index contributed by atoms with van der Waals surface area (Å²) >= 11 is 0. The van der Waals surface area contributed by atoms with Crippen LogP contribution in [-0.4, -0.2) is 35.2 Å². The van der Waals surface area contributed by atoms with Crippen LogP contribution >= 0.6 is 0 Å². The van der Waals surface area contributed by atoms with Crippen LogP contribution in [0.1, 0.15) is 22.8 Å². The molecular weight excluding hydrogens is 444 g/mol. The first-order valence-corrected chi connectivity index (χ1v) is 11.7. The minimum Gasteiger partial charge on any atom is -0.497 e. The van der Waals surface area contributed by atoms with Gasteiger partial charge in [0.05, 0.1) is 25.7 Å². The van der Waals surface area contributed by atoms with Crippen LogP contribution in [0, 0.1) is 0 Å². The van der Waals surface area contributed by atoms with E-state index in [9.17, 15) is 13.2 Å². The SMILES string of the molecule is CCOc1ccc(S(=O)(=O)Nc2cccc(C(=O)NCc3cc(OC)ccc3OC)c2)cc1. The Labute approximate surface area is 193 Å². The molecule has 0 saturated heterocycles. The van der Waals surface area contributed by atoms with E-state index in [4.69, 9.17) is 14.2 Å². The summed E-state index contributed by atoms with van der Waals surface area (Å²) in [6.45, 7) is 2.55. The number of hydrogen-bond donors (Lipinski definition) is 2. The van der Waals surface area contributed by atoms with Crippen molar-refractivity contribution in [1.29, 1.82) is 0 Å². The molecule has 9 heteroatoms. The van der Waals surface area contributed by atoms with Crippen LogP contribution < -0.4 is 24.2 Å². The van der Waals surface area contributed by atoms with Gasteiger partial charge in [-0.1, -0.05) is 6.07 Å². The van der Waals surface area contributed by atoms with Gasteiger partial charge in [0.25, 0.3) is 15.9 Å². The number of ether oxygens (including phenoxy) is 3. The summed E-state index contributed by atoms with van der Waals surface area (Å²) in [5.74, 6) is 1.49. The van der Waals surface area contributed by atoms with E-state index in [0.29, 0.717) is 29.4 Å². The van der Waals surface area contributed by atoms with Gasteiger partial charge in [-0.05, 0) is 67.6 Å². The van der Waals surface area contributed by atoms with Crippen LogP contribution in [0.25, 0.3) is 0 Å². The topological polar surface area (TPSA) is 103 Å². The number of nitrogens with one attached hydrogen (secondary N) is 2. The van der Waals surface area contributed by atoms with Crippen molar-refractivity contribution in [3.63, 3.8) is 0 Å². The second-order valence-electron chi connectivity index (χ2n) is 6.95. The lowest BCUT2D eigenvalue weighted by Crippen LogP contribution is -2.23. The Hall–Kier alpha value is -3.72. The number of amides is 1. The van der Waals surface area contributed by atoms with Crippen LogP contribution in [0.3, 0.4) is 0 Å².